The molecule has 2 aliphatic heterocycles. The Morgan fingerprint density at radius 2 is 1.64 bits per heavy atom. The second-order valence-electron chi connectivity index (χ2n) is 22.9. The summed E-state index contributed by atoms with van der Waals surface area (Å²) >= 11 is 6.37. The summed E-state index contributed by atoms with van der Waals surface area (Å²) in [5.41, 5.74) is 6.35. The molecule has 2 aliphatic rings. The molecule has 5 unspecified atom stereocenters. The molecule has 3 aromatic carbocycles. The van der Waals surface area contributed by atoms with E-state index in [1.54, 1.807) is 99.8 Å². The van der Waals surface area contributed by atoms with E-state index in [2.05, 4.69) is 26.4 Å². The van der Waals surface area contributed by atoms with Crippen LogP contribution in [0.3, 0.4) is 0 Å². The van der Waals surface area contributed by atoms with Crippen molar-refractivity contribution in [3.63, 3.8) is 0 Å². The van der Waals surface area contributed by atoms with Gasteiger partial charge in [0.2, 0.25) is 17.7 Å². The van der Waals surface area contributed by atoms with Crippen LogP contribution in [0, 0.1) is 30.4 Å². The third kappa shape index (κ3) is 17.6. The maximum atomic E-state index is 15.6. The van der Waals surface area contributed by atoms with E-state index in [9.17, 15) is 38.0 Å². The Morgan fingerprint density at radius 3 is 2.28 bits per heavy atom. The van der Waals surface area contributed by atoms with Crippen molar-refractivity contribution in [2.45, 2.75) is 122 Å². The molecule has 1 fully saturated rings. The van der Waals surface area contributed by atoms with Crippen LogP contribution in [0.4, 0.5) is 28.4 Å². The van der Waals surface area contributed by atoms with E-state index in [0.717, 1.165) is 4.90 Å². The fraction of sp³-hybridized carbons (Fsp3) is 0.452. The normalized spacial score (nSPS) is 16.0. The number of hydrogen-bond donors (Lipinski definition) is 5. The molecule has 0 aliphatic carbocycles. The van der Waals surface area contributed by atoms with Gasteiger partial charge < -0.3 is 50.8 Å². The highest BCUT2D eigenvalue weighted by Crippen LogP contribution is 2.39. The maximum Gasteiger partial charge on any atom is 0.410 e. The molecule has 472 valence electrons. The van der Waals surface area contributed by atoms with Gasteiger partial charge in [-0.1, -0.05) is 56.1 Å². The lowest BCUT2D eigenvalue weighted by Crippen LogP contribution is -2.54. The summed E-state index contributed by atoms with van der Waals surface area (Å²) in [5, 5.41) is 15.4. The van der Waals surface area contributed by atoms with Crippen LogP contribution in [0.15, 0.2) is 91.1 Å². The zero-order valence-corrected chi connectivity index (χ0v) is 51.1. The smallest absolute Gasteiger partial charge is 0.410 e. The number of unbranched alkanes of at least 4 members (excludes halogenated alkanes) is 2. The van der Waals surface area contributed by atoms with Crippen molar-refractivity contribution in [3.05, 3.63) is 136 Å². The van der Waals surface area contributed by atoms with Gasteiger partial charge in [0.15, 0.2) is 0 Å². The number of anilines is 1. The monoisotopic (exact) mass is 1240 g/mol. The van der Waals surface area contributed by atoms with Crippen LogP contribution in [0.2, 0.25) is 5.02 Å². The third-order valence-corrected chi connectivity index (χ3v) is 15.7. The Morgan fingerprint density at radius 1 is 0.909 bits per heavy atom. The first-order valence-electron chi connectivity index (χ1n) is 29.1. The number of hydrogen-bond acceptors (Lipinski definition) is 12. The first-order valence-corrected chi connectivity index (χ1v) is 29.4. The van der Waals surface area contributed by atoms with Gasteiger partial charge in [0.05, 0.1) is 23.0 Å². The number of imidazole rings is 1. The van der Waals surface area contributed by atoms with Gasteiger partial charge in [0, 0.05) is 87.9 Å². The van der Waals surface area contributed by atoms with Gasteiger partial charge in [-0.05, 0) is 124 Å². The molecule has 22 nitrogen and oxygen atoms in total. The lowest BCUT2D eigenvalue weighted by atomic mass is 9.93. The summed E-state index contributed by atoms with van der Waals surface area (Å²) in [7, 11) is 3.10. The van der Waals surface area contributed by atoms with E-state index in [4.69, 9.17) is 31.8 Å². The summed E-state index contributed by atoms with van der Waals surface area (Å²) in [4.78, 5) is 114. The molecule has 4 heterocycles. The molecule has 5 aromatic rings. The topological polar surface area (TPSA) is 275 Å². The van der Waals surface area contributed by atoms with E-state index in [-0.39, 0.29) is 111 Å². The highest BCUT2D eigenvalue weighted by molar-refractivity contribution is 6.30. The average molecular weight is 1240 g/mol. The fourth-order valence-electron chi connectivity index (χ4n) is 10.8. The summed E-state index contributed by atoms with van der Waals surface area (Å²) in [6.45, 7) is 7.82. The van der Waals surface area contributed by atoms with Crippen molar-refractivity contribution < 1.29 is 61.0 Å². The number of likely N-dealkylation sites (tertiary alicyclic amines) is 1. The number of primary amides is 1. The van der Waals surface area contributed by atoms with Crippen LogP contribution in [-0.4, -0.2) is 145 Å². The number of ether oxygens (including phenoxy) is 2. The SMILES string of the molecule is COC(C)(C)C(c1nc(-c2cc(Cl)ccc2F)cn1Cc1cccc(F)c1)N(CC1CC(CF)N(C(=O)OCc2ccc(NC(=O)C(CCCNC(N)=O)NC(=O)C(NC(=O)CCCCCN3C(=O)C=CC3=O)C(C)C)cc2)C1)C(=O)c1cc(C)nn1C. The van der Waals surface area contributed by atoms with Crippen LogP contribution in [0.25, 0.3) is 11.3 Å². The molecule has 6 N–H and O–H groups in total. The van der Waals surface area contributed by atoms with Crippen molar-refractivity contribution >= 4 is 64.9 Å². The van der Waals surface area contributed by atoms with E-state index in [1.807, 2.05) is 0 Å². The number of amides is 9. The van der Waals surface area contributed by atoms with Crippen molar-refractivity contribution in [3.8, 4) is 11.3 Å². The second kappa shape index (κ2) is 30.4. The standard InChI is InChI=1S/C62H76ClF3N12O10/c1-37(2)54(72-51(79)16-9-8-10-26-76-52(80)23-24-53(76)81)58(83)71-48(15-12-25-68-60(67)85)57(82)69-44-20-17-39(18-21-44)36-88-61(86)77-33-41(29-45(77)31-64)34-78(59(84)50-27-38(3)73-74(50)6)55(62(4,5)87-7)56-70-49(46-30-42(63)19-22-47(46)66)35-75(56)32-40-13-11-14-43(65)28-40/h11,13-14,17-24,27-28,30,35,37,41,45,48,54-55H,8-10,12,15-16,25-26,29,31-34,36H2,1-7H3,(H,69,82)(H,71,83)(H,72,79)(H3,67,68,85). The number of benzene rings is 3. The van der Waals surface area contributed by atoms with Gasteiger partial charge in [-0.25, -0.2) is 27.7 Å². The average Bonchev–Trinajstić information content (AvgIpc) is 1.97. The van der Waals surface area contributed by atoms with Crippen molar-refractivity contribution in [1.29, 1.82) is 0 Å². The number of aromatic nitrogens is 4. The van der Waals surface area contributed by atoms with Crippen molar-refractivity contribution in [1.82, 2.24) is 50.0 Å². The molecular weight excluding hydrogens is 1170 g/mol. The van der Waals surface area contributed by atoms with E-state index < -0.39 is 89.7 Å². The number of carbonyl (C=O) groups is 8. The molecule has 0 spiro atoms. The highest BCUT2D eigenvalue weighted by Gasteiger charge is 2.46. The van der Waals surface area contributed by atoms with Gasteiger partial charge >= 0.3 is 12.1 Å². The van der Waals surface area contributed by atoms with Crippen molar-refractivity contribution in [2.75, 3.05) is 45.3 Å². The molecule has 1 saturated heterocycles. The molecule has 26 heteroatoms. The predicted octanol–water partition coefficient (Wildman–Crippen LogP) is 7.68. The number of nitrogens with zero attached hydrogens (tertiary/aromatic N) is 7. The van der Waals surface area contributed by atoms with Crippen LogP contribution < -0.4 is 27.0 Å². The largest absolute Gasteiger partial charge is 0.445 e. The lowest BCUT2D eigenvalue weighted by molar-refractivity contribution is -0.137. The minimum absolute atomic E-state index is 0.0306. The van der Waals surface area contributed by atoms with E-state index >= 15 is 13.6 Å². The number of halogens is 4. The highest BCUT2D eigenvalue weighted by atomic mass is 35.5. The minimum atomic E-state index is -1.25. The Bertz CT molecular complexity index is 3360. The van der Waals surface area contributed by atoms with Gasteiger partial charge in [-0.3, -0.25) is 38.3 Å². The molecule has 2 aromatic heterocycles. The molecule has 5 atom stereocenters. The summed E-state index contributed by atoms with van der Waals surface area (Å²) in [6.07, 6.45) is 5.19. The molecule has 88 heavy (non-hydrogen) atoms. The zero-order chi connectivity index (χ0) is 64.0. The summed E-state index contributed by atoms with van der Waals surface area (Å²) < 4.78 is 60.5. The number of methoxy groups -OCH3 is 1. The number of aryl methyl sites for hydroxylation is 2. The molecule has 0 saturated carbocycles. The molecule has 9 amide bonds. The van der Waals surface area contributed by atoms with Crippen molar-refractivity contribution in [2.24, 2.45) is 24.6 Å². The number of nitrogens with one attached hydrogen (secondary N) is 4. The van der Waals surface area contributed by atoms with Gasteiger partial charge in [-0.2, -0.15) is 5.10 Å². The number of nitrogens with two attached hydrogens (primary N) is 1. The summed E-state index contributed by atoms with van der Waals surface area (Å²) in [6, 6.07) is 13.0. The zero-order valence-electron chi connectivity index (χ0n) is 50.3. The Labute approximate surface area is 513 Å². The Kier molecular flexibility index (Phi) is 23.1. The number of alkyl halides is 1. The minimum Gasteiger partial charge on any atom is -0.445 e. The quantitative estimate of drug-likeness (QED) is 0.0228. The van der Waals surface area contributed by atoms with Crippen LogP contribution in [-0.2, 0) is 53.6 Å². The molecular formula is C62H76ClF3N12O10. The molecule has 0 bridgehead atoms. The van der Waals surface area contributed by atoms with Crippen LogP contribution >= 0.6 is 11.6 Å². The Hall–Kier alpha value is -8.58. The maximum absolute atomic E-state index is 15.6. The molecule has 0 radical (unpaired) electrons. The number of imide groups is 1. The van der Waals surface area contributed by atoms with E-state index in [0.29, 0.717) is 41.8 Å². The number of carbonyl (C=O) groups excluding carboxylic acids is 8. The summed E-state index contributed by atoms with van der Waals surface area (Å²) in [5.74, 6) is -4.66. The van der Waals surface area contributed by atoms with Gasteiger partial charge in [-0.15, -0.1) is 0 Å². The first-order chi connectivity index (χ1) is 41.8. The van der Waals surface area contributed by atoms with Crippen LogP contribution in [0.5, 0.6) is 0 Å². The van der Waals surface area contributed by atoms with Gasteiger partial charge in [0.1, 0.15) is 54.6 Å². The number of urea groups is 1. The van der Waals surface area contributed by atoms with Gasteiger partial charge in [0.25, 0.3) is 17.7 Å². The number of rotatable bonds is 29. The lowest BCUT2D eigenvalue weighted by Gasteiger charge is -2.42. The first kappa shape index (κ1) is 66.9. The molecule has 7 rings (SSSR count). The predicted molar refractivity (Wildman–Crippen MR) is 321 cm³/mol. The second-order valence-corrected chi connectivity index (χ2v) is 23.3. The third-order valence-electron chi connectivity index (χ3n) is 15.5. The Balaban J connectivity index is 1.03. The van der Waals surface area contributed by atoms with Crippen LogP contribution in [0.1, 0.15) is 112 Å². The fourth-order valence-corrected chi connectivity index (χ4v) is 11.0. The van der Waals surface area contributed by atoms with E-state index in [1.165, 1.54) is 59.2 Å².